The minimum atomic E-state index is -0.220. The predicted octanol–water partition coefficient (Wildman–Crippen LogP) is 5.37. The molecule has 0 radical (unpaired) electrons. The van der Waals surface area contributed by atoms with Gasteiger partial charge in [-0.15, -0.1) is 0 Å². The van der Waals surface area contributed by atoms with Gasteiger partial charge in [-0.05, 0) is 44.7 Å². The number of nitrogens with zero attached hydrogens (tertiary/aromatic N) is 2. The number of ether oxygens (including phenoxy) is 1. The predicted molar refractivity (Wildman–Crippen MR) is 128 cm³/mol. The van der Waals surface area contributed by atoms with Gasteiger partial charge in [0, 0.05) is 23.9 Å². The molecule has 1 amide bonds. The highest BCUT2D eigenvalue weighted by atomic mass is 16.6. The maximum Gasteiger partial charge on any atom is 0.248 e. The van der Waals surface area contributed by atoms with Crippen LogP contribution < -0.4 is 5.32 Å². The summed E-state index contributed by atoms with van der Waals surface area (Å²) in [7, 11) is 0. The average Bonchev–Trinajstić information content (AvgIpc) is 3.31. The van der Waals surface area contributed by atoms with Crippen LogP contribution in [-0.4, -0.2) is 31.0 Å². The molecular weight excluding hydrogens is 390 g/mol. The number of nitrogens with one attached hydrogen (secondary N) is 1. The topological polar surface area (TPSA) is 72.3 Å². The van der Waals surface area contributed by atoms with Gasteiger partial charge < -0.3 is 14.9 Å². The fourth-order valence-electron chi connectivity index (χ4n) is 2.92. The average molecular weight is 428 g/mol. The van der Waals surface area contributed by atoms with Crippen LogP contribution >= 0.6 is 0 Å². The summed E-state index contributed by atoms with van der Waals surface area (Å²) in [6.07, 6.45) is 5.11. The van der Waals surface area contributed by atoms with Crippen LogP contribution in [0.3, 0.4) is 0 Å². The van der Waals surface area contributed by atoms with Crippen molar-refractivity contribution in [3.8, 4) is 0 Å². The zero-order valence-corrected chi connectivity index (χ0v) is 19.8. The number of hydrogen-bond donors (Lipinski definition) is 1. The summed E-state index contributed by atoms with van der Waals surface area (Å²) in [6.45, 7) is 16.2. The molecule has 6 heteroatoms. The fraction of sp³-hybridized carbons (Fsp3) is 0.480. The minimum Gasteiger partial charge on any atom is -0.373 e. The molecule has 2 atom stereocenters. The third kappa shape index (κ3) is 8.89. The third-order valence-corrected chi connectivity index (χ3v) is 4.89. The van der Waals surface area contributed by atoms with Crippen LogP contribution in [0.25, 0.3) is 0 Å². The molecule has 0 aromatic heterocycles. The molecule has 170 valence electrons. The van der Waals surface area contributed by atoms with Gasteiger partial charge in [0.15, 0.2) is 0 Å². The highest BCUT2D eigenvalue weighted by molar-refractivity contribution is 5.92. The first-order valence-corrected chi connectivity index (χ1v) is 11.0. The lowest BCUT2D eigenvalue weighted by Gasteiger charge is -2.11. The van der Waals surface area contributed by atoms with Gasteiger partial charge >= 0.3 is 0 Å². The molecule has 31 heavy (non-hydrogen) atoms. The molecular formula is C25H37N3O3. The second kappa shape index (κ2) is 14.3. The van der Waals surface area contributed by atoms with E-state index in [0.29, 0.717) is 17.9 Å². The van der Waals surface area contributed by atoms with E-state index in [2.05, 4.69) is 53.2 Å². The zero-order chi connectivity index (χ0) is 23.2. The lowest BCUT2D eigenvalue weighted by Crippen LogP contribution is -2.26. The van der Waals surface area contributed by atoms with Crippen molar-refractivity contribution in [3.63, 3.8) is 0 Å². The van der Waals surface area contributed by atoms with Crippen molar-refractivity contribution in [2.24, 2.45) is 16.1 Å². The number of rotatable bonds is 9. The molecule has 1 aromatic carbocycles. The number of amides is 1. The number of hydrogen-bond acceptors (Lipinski definition) is 5. The number of oxime groups is 1. The molecule has 1 aromatic rings. The van der Waals surface area contributed by atoms with E-state index in [1.165, 1.54) is 17.3 Å². The van der Waals surface area contributed by atoms with Gasteiger partial charge in [-0.25, -0.2) is 0 Å². The molecule has 0 unspecified atom stereocenters. The van der Waals surface area contributed by atoms with Crippen molar-refractivity contribution >= 4 is 17.8 Å². The Hall–Kier alpha value is -2.73. The Morgan fingerprint density at radius 3 is 2.58 bits per heavy atom. The molecule has 1 heterocycles. The Kier molecular flexibility index (Phi) is 12.1. The van der Waals surface area contributed by atoms with Crippen molar-refractivity contribution < 1.29 is 14.4 Å². The summed E-state index contributed by atoms with van der Waals surface area (Å²) in [5, 5.41) is 6.90. The van der Waals surface area contributed by atoms with E-state index in [9.17, 15) is 4.79 Å². The third-order valence-electron chi connectivity index (χ3n) is 4.89. The summed E-state index contributed by atoms with van der Waals surface area (Å²) < 4.78 is 5.96. The minimum absolute atomic E-state index is 0.0825. The summed E-state index contributed by atoms with van der Waals surface area (Å²) >= 11 is 0. The van der Waals surface area contributed by atoms with Gasteiger partial charge in [0.05, 0.1) is 25.0 Å². The normalized spacial score (nSPS) is 19.0. The molecule has 0 bridgehead atoms. The molecule has 6 nitrogen and oxygen atoms in total. The molecule has 0 saturated carbocycles. The quantitative estimate of drug-likeness (QED) is 0.249. The van der Waals surface area contributed by atoms with E-state index in [4.69, 9.17) is 9.57 Å². The van der Waals surface area contributed by atoms with Crippen molar-refractivity contribution in [1.29, 1.82) is 0 Å². The lowest BCUT2D eigenvalue weighted by molar-refractivity contribution is -0.117. The molecule has 1 N–H and O–H groups in total. The SMILES string of the molecule is C=C(CNC(=O)/C(C)=C/N=CC)O/N=C(\C)[C@H]1CO[C@H](c2ccc(CC)cc2)C1.CC. The van der Waals surface area contributed by atoms with Crippen LogP contribution in [0.1, 0.15) is 65.2 Å². The Labute approximate surface area is 187 Å². The number of aliphatic imine (C=N–C) groups is 1. The number of aryl methyl sites for hydroxylation is 1. The molecule has 2 rings (SSSR count). The van der Waals surface area contributed by atoms with Crippen LogP contribution in [0.4, 0.5) is 0 Å². The maximum atomic E-state index is 11.9. The molecule has 1 aliphatic rings. The molecule has 1 fully saturated rings. The van der Waals surface area contributed by atoms with Crippen LogP contribution in [0, 0.1) is 5.92 Å². The standard InChI is InChI=1S/C23H31N3O3.C2H6/c1-6-19-8-10-20(11-9-19)22-12-21(15-28-22)18(5)26-29-17(4)14-25-23(27)16(3)13-24-7-2;1-2/h7-11,13,21-22H,4,6,12,14-15H2,1-3,5H3,(H,25,27);1-2H3/b16-13+,24-7?,26-18+;/t21-,22+;/m1./s1. The Balaban J connectivity index is 0.00000233. The smallest absolute Gasteiger partial charge is 0.248 e. The molecule has 1 aliphatic heterocycles. The van der Waals surface area contributed by atoms with Crippen molar-refractivity contribution in [1.82, 2.24) is 5.32 Å². The van der Waals surface area contributed by atoms with Crippen LogP contribution in [0.15, 0.2) is 58.5 Å². The second-order valence-electron chi connectivity index (χ2n) is 7.11. The molecule has 0 spiro atoms. The summed E-state index contributed by atoms with van der Waals surface area (Å²) in [5.41, 5.74) is 3.89. The van der Waals surface area contributed by atoms with Crippen molar-refractivity contribution in [3.05, 3.63) is 59.5 Å². The van der Waals surface area contributed by atoms with Gasteiger partial charge in [-0.2, -0.15) is 0 Å². The van der Waals surface area contributed by atoms with Gasteiger partial charge in [0.2, 0.25) is 5.91 Å². The highest BCUT2D eigenvalue weighted by Gasteiger charge is 2.29. The van der Waals surface area contributed by atoms with E-state index >= 15 is 0 Å². The van der Waals surface area contributed by atoms with Crippen molar-refractivity contribution in [2.75, 3.05) is 13.2 Å². The maximum absolute atomic E-state index is 11.9. The van der Waals surface area contributed by atoms with E-state index in [1.807, 2.05) is 20.8 Å². The van der Waals surface area contributed by atoms with Gasteiger partial charge in [0.1, 0.15) is 5.76 Å². The van der Waals surface area contributed by atoms with Gasteiger partial charge in [-0.1, -0.05) is 56.8 Å². The van der Waals surface area contributed by atoms with E-state index < -0.39 is 0 Å². The first kappa shape index (κ1) is 26.3. The van der Waals surface area contributed by atoms with E-state index in [-0.39, 0.29) is 24.5 Å². The van der Waals surface area contributed by atoms with Crippen LogP contribution in [-0.2, 0) is 20.8 Å². The first-order chi connectivity index (χ1) is 14.9. The summed E-state index contributed by atoms with van der Waals surface area (Å²) in [4.78, 5) is 21.2. The van der Waals surface area contributed by atoms with Crippen molar-refractivity contribution in [2.45, 2.75) is 60.5 Å². The highest BCUT2D eigenvalue weighted by Crippen LogP contribution is 2.33. The number of carbonyl (C=O) groups is 1. The monoisotopic (exact) mass is 427 g/mol. The Morgan fingerprint density at radius 2 is 1.97 bits per heavy atom. The van der Waals surface area contributed by atoms with Gasteiger partial charge in [-0.3, -0.25) is 9.79 Å². The number of carbonyl (C=O) groups excluding carboxylic acids is 1. The fourth-order valence-corrected chi connectivity index (χ4v) is 2.92. The largest absolute Gasteiger partial charge is 0.373 e. The first-order valence-electron chi connectivity index (χ1n) is 11.0. The van der Waals surface area contributed by atoms with E-state index in [0.717, 1.165) is 18.6 Å². The number of benzene rings is 1. The molecule has 0 aliphatic carbocycles. The molecule has 1 saturated heterocycles. The lowest BCUT2D eigenvalue weighted by atomic mass is 9.96. The summed E-state index contributed by atoms with van der Waals surface area (Å²) in [5.74, 6) is 0.350. The van der Waals surface area contributed by atoms with Crippen LogP contribution in [0.5, 0.6) is 0 Å². The Morgan fingerprint density at radius 1 is 1.29 bits per heavy atom. The van der Waals surface area contributed by atoms with Gasteiger partial charge in [0.25, 0.3) is 0 Å². The summed E-state index contributed by atoms with van der Waals surface area (Å²) in [6, 6.07) is 8.59. The Bertz CT molecular complexity index is 795. The second-order valence-corrected chi connectivity index (χ2v) is 7.11. The zero-order valence-electron chi connectivity index (χ0n) is 19.8. The van der Waals surface area contributed by atoms with E-state index in [1.54, 1.807) is 20.1 Å². The van der Waals surface area contributed by atoms with Crippen LogP contribution in [0.2, 0.25) is 0 Å².